The van der Waals surface area contributed by atoms with Crippen molar-refractivity contribution in [2.24, 2.45) is 17.3 Å². The first-order chi connectivity index (χ1) is 11.1. The molecule has 1 unspecified atom stereocenters. The van der Waals surface area contributed by atoms with Gasteiger partial charge in [0, 0.05) is 5.41 Å². The standard InChI is InChI=1S/C18H31NO5/c1-12(2)5-4-6-13-7-9-18(3,10-8-13)17(24)19-14(16(22)23)11-15(20)21/h12-14H,4-11H2,1-3H3,(H,19,24)(H,20,21)(H,22,23). The predicted molar refractivity (Wildman–Crippen MR) is 90.6 cm³/mol. The summed E-state index contributed by atoms with van der Waals surface area (Å²) >= 11 is 0. The highest BCUT2D eigenvalue weighted by Crippen LogP contribution is 2.40. The lowest BCUT2D eigenvalue weighted by Crippen LogP contribution is -2.49. The lowest BCUT2D eigenvalue weighted by atomic mass is 9.70. The maximum atomic E-state index is 12.5. The highest BCUT2D eigenvalue weighted by atomic mass is 16.4. The van der Waals surface area contributed by atoms with Gasteiger partial charge in [0.05, 0.1) is 6.42 Å². The topological polar surface area (TPSA) is 104 Å². The van der Waals surface area contributed by atoms with E-state index >= 15 is 0 Å². The lowest BCUT2D eigenvalue weighted by molar-refractivity contribution is -0.148. The van der Waals surface area contributed by atoms with Gasteiger partial charge >= 0.3 is 11.9 Å². The number of hydrogen-bond acceptors (Lipinski definition) is 3. The number of hydrogen-bond donors (Lipinski definition) is 3. The molecule has 0 aromatic heterocycles. The summed E-state index contributed by atoms with van der Waals surface area (Å²) < 4.78 is 0. The second-order valence-corrected chi connectivity index (χ2v) is 7.79. The Morgan fingerprint density at radius 1 is 1.17 bits per heavy atom. The maximum Gasteiger partial charge on any atom is 0.326 e. The Morgan fingerprint density at radius 2 is 1.75 bits per heavy atom. The van der Waals surface area contributed by atoms with Crippen LogP contribution < -0.4 is 5.32 Å². The molecule has 24 heavy (non-hydrogen) atoms. The van der Waals surface area contributed by atoms with Crippen molar-refractivity contribution in [2.75, 3.05) is 0 Å². The smallest absolute Gasteiger partial charge is 0.326 e. The van der Waals surface area contributed by atoms with Crippen molar-refractivity contribution in [1.29, 1.82) is 0 Å². The number of carbonyl (C=O) groups is 3. The van der Waals surface area contributed by atoms with Gasteiger partial charge in [-0.25, -0.2) is 4.79 Å². The largest absolute Gasteiger partial charge is 0.481 e. The van der Waals surface area contributed by atoms with Crippen molar-refractivity contribution >= 4 is 17.8 Å². The number of carbonyl (C=O) groups excluding carboxylic acids is 1. The molecule has 138 valence electrons. The summed E-state index contributed by atoms with van der Waals surface area (Å²) in [5.41, 5.74) is -0.596. The second kappa shape index (κ2) is 9.04. The van der Waals surface area contributed by atoms with Crippen LogP contribution >= 0.6 is 0 Å². The summed E-state index contributed by atoms with van der Waals surface area (Å²) in [5.74, 6) is -1.53. The molecule has 1 fully saturated rings. The van der Waals surface area contributed by atoms with Gasteiger partial charge in [-0.1, -0.05) is 40.0 Å². The van der Waals surface area contributed by atoms with Crippen LogP contribution in [0.25, 0.3) is 0 Å². The summed E-state index contributed by atoms with van der Waals surface area (Å²) in [6.07, 6.45) is 6.42. The van der Waals surface area contributed by atoms with Crippen LogP contribution in [-0.4, -0.2) is 34.1 Å². The van der Waals surface area contributed by atoms with E-state index in [-0.39, 0.29) is 5.91 Å². The van der Waals surface area contributed by atoms with E-state index in [2.05, 4.69) is 19.2 Å². The fraction of sp³-hybridized carbons (Fsp3) is 0.833. The Morgan fingerprint density at radius 3 is 2.21 bits per heavy atom. The van der Waals surface area contributed by atoms with Gasteiger partial charge in [0.2, 0.25) is 5.91 Å². The molecule has 1 atom stereocenters. The molecule has 0 spiro atoms. The molecule has 0 heterocycles. The minimum atomic E-state index is -1.37. The van der Waals surface area contributed by atoms with Crippen molar-refractivity contribution in [3.8, 4) is 0 Å². The molecular formula is C18H31NO5. The molecular weight excluding hydrogens is 310 g/mol. The molecule has 1 aliphatic carbocycles. The van der Waals surface area contributed by atoms with Crippen LogP contribution in [0.5, 0.6) is 0 Å². The molecule has 6 heteroatoms. The van der Waals surface area contributed by atoms with Gasteiger partial charge in [-0.15, -0.1) is 0 Å². The van der Waals surface area contributed by atoms with Gasteiger partial charge in [-0.3, -0.25) is 9.59 Å². The molecule has 0 aromatic rings. The Bertz CT molecular complexity index is 452. The minimum absolute atomic E-state index is 0.336. The summed E-state index contributed by atoms with van der Waals surface area (Å²) in [4.78, 5) is 34.3. The Balaban J connectivity index is 2.50. The third-order valence-corrected chi connectivity index (χ3v) is 5.13. The van der Waals surface area contributed by atoms with E-state index in [9.17, 15) is 14.4 Å². The first kappa shape index (κ1) is 20.5. The number of aliphatic carboxylic acids is 2. The van der Waals surface area contributed by atoms with E-state index in [1.807, 2.05) is 6.92 Å². The third kappa shape index (κ3) is 6.49. The Hall–Kier alpha value is -1.59. The average molecular weight is 341 g/mol. The normalized spacial score (nSPS) is 25.2. The van der Waals surface area contributed by atoms with Crippen molar-refractivity contribution in [1.82, 2.24) is 5.32 Å². The quantitative estimate of drug-likeness (QED) is 0.598. The van der Waals surface area contributed by atoms with Gasteiger partial charge in [-0.05, 0) is 37.5 Å². The molecule has 0 bridgehead atoms. The van der Waals surface area contributed by atoms with Gasteiger partial charge in [-0.2, -0.15) is 0 Å². The zero-order chi connectivity index (χ0) is 18.3. The van der Waals surface area contributed by atoms with Crippen molar-refractivity contribution in [3.63, 3.8) is 0 Å². The van der Waals surface area contributed by atoms with Gasteiger partial charge in [0.25, 0.3) is 0 Å². The molecule has 3 N–H and O–H groups in total. The number of nitrogens with one attached hydrogen (secondary N) is 1. The van der Waals surface area contributed by atoms with Crippen molar-refractivity contribution < 1.29 is 24.6 Å². The summed E-state index contributed by atoms with van der Waals surface area (Å²) in [7, 11) is 0. The second-order valence-electron chi connectivity index (χ2n) is 7.79. The monoisotopic (exact) mass is 341 g/mol. The molecule has 6 nitrogen and oxygen atoms in total. The Kier molecular flexibility index (Phi) is 7.70. The molecule has 0 aliphatic heterocycles. The zero-order valence-electron chi connectivity index (χ0n) is 15.0. The van der Waals surface area contributed by atoms with Gasteiger partial charge in [0.15, 0.2) is 0 Å². The van der Waals surface area contributed by atoms with Gasteiger partial charge in [0.1, 0.15) is 6.04 Å². The number of carboxylic acid groups (broad SMARTS) is 2. The number of carboxylic acids is 2. The van der Waals surface area contributed by atoms with E-state index in [4.69, 9.17) is 10.2 Å². The third-order valence-electron chi connectivity index (χ3n) is 5.13. The highest BCUT2D eigenvalue weighted by molar-refractivity contribution is 5.89. The van der Waals surface area contributed by atoms with Crippen LogP contribution in [0.4, 0.5) is 0 Å². The summed E-state index contributed by atoms with van der Waals surface area (Å²) in [5, 5.41) is 20.2. The maximum absolute atomic E-state index is 12.5. The molecule has 0 saturated heterocycles. The van der Waals surface area contributed by atoms with Gasteiger partial charge < -0.3 is 15.5 Å². The predicted octanol–water partition coefficient (Wildman–Crippen LogP) is 3.05. The van der Waals surface area contributed by atoms with Crippen LogP contribution in [0.15, 0.2) is 0 Å². The first-order valence-electron chi connectivity index (χ1n) is 8.89. The fourth-order valence-electron chi connectivity index (χ4n) is 3.35. The van der Waals surface area contributed by atoms with E-state index in [1.165, 1.54) is 19.3 Å². The van der Waals surface area contributed by atoms with Crippen molar-refractivity contribution in [3.05, 3.63) is 0 Å². The highest BCUT2D eigenvalue weighted by Gasteiger charge is 2.39. The molecule has 0 aromatic carbocycles. The minimum Gasteiger partial charge on any atom is -0.481 e. The van der Waals surface area contributed by atoms with Crippen LogP contribution in [0.2, 0.25) is 0 Å². The lowest BCUT2D eigenvalue weighted by Gasteiger charge is -2.36. The number of amides is 1. The van der Waals surface area contributed by atoms with E-state index in [1.54, 1.807) is 0 Å². The van der Waals surface area contributed by atoms with Crippen LogP contribution in [-0.2, 0) is 14.4 Å². The summed E-state index contributed by atoms with van der Waals surface area (Å²) in [6, 6.07) is -1.37. The van der Waals surface area contributed by atoms with Crippen LogP contribution in [0.3, 0.4) is 0 Å². The molecule has 1 rings (SSSR count). The Labute approximate surface area is 144 Å². The SMILES string of the molecule is CC(C)CCCC1CCC(C)(C(=O)NC(CC(=O)O)C(=O)O)CC1. The van der Waals surface area contributed by atoms with E-state index < -0.39 is 29.8 Å². The molecule has 1 saturated carbocycles. The molecule has 1 aliphatic rings. The zero-order valence-corrected chi connectivity index (χ0v) is 15.0. The van der Waals surface area contributed by atoms with E-state index in [0.717, 1.165) is 25.7 Å². The average Bonchev–Trinajstić information content (AvgIpc) is 2.47. The fourth-order valence-corrected chi connectivity index (χ4v) is 3.35. The number of rotatable bonds is 9. The molecule has 1 amide bonds. The van der Waals surface area contributed by atoms with E-state index in [0.29, 0.717) is 11.8 Å². The van der Waals surface area contributed by atoms with Crippen LogP contribution in [0.1, 0.15) is 72.1 Å². The summed E-state index contributed by atoms with van der Waals surface area (Å²) in [6.45, 7) is 6.29. The van der Waals surface area contributed by atoms with Crippen molar-refractivity contribution in [2.45, 2.75) is 78.2 Å². The molecule has 0 radical (unpaired) electrons. The first-order valence-corrected chi connectivity index (χ1v) is 8.89. The van der Waals surface area contributed by atoms with Crippen LogP contribution in [0, 0.1) is 17.3 Å².